The van der Waals surface area contributed by atoms with Crippen LogP contribution in [0.2, 0.25) is 0 Å². The summed E-state index contributed by atoms with van der Waals surface area (Å²) in [5.41, 5.74) is 1.76. The van der Waals surface area contributed by atoms with Gasteiger partial charge in [0.15, 0.2) is 0 Å². The Bertz CT molecular complexity index is 543. The van der Waals surface area contributed by atoms with Crippen molar-refractivity contribution in [3.8, 4) is 0 Å². The normalized spacial score (nSPS) is 12.4. The molecule has 0 radical (unpaired) electrons. The number of aryl methyl sites for hydroxylation is 1. The van der Waals surface area contributed by atoms with Crippen LogP contribution < -0.4 is 0 Å². The van der Waals surface area contributed by atoms with Crippen LogP contribution in [-0.2, 0) is 6.42 Å². The highest BCUT2D eigenvalue weighted by molar-refractivity contribution is 9.09. The van der Waals surface area contributed by atoms with Gasteiger partial charge in [0.05, 0.1) is 0 Å². The predicted octanol–water partition coefficient (Wildman–Crippen LogP) is 4.35. The maximum atomic E-state index is 13.7. The second kappa shape index (κ2) is 5.57. The first-order chi connectivity index (χ1) is 8.58. The van der Waals surface area contributed by atoms with E-state index < -0.39 is 11.6 Å². The first-order valence-electron chi connectivity index (χ1n) is 5.57. The van der Waals surface area contributed by atoms with Gasteiger partial charge in [-0.3, -0.25) is 4.98 Å². The zero-order valence-electron chi connectivity index (χ0n) is 9.83. The van der Waals surface area contributed by atoms with Gasteiger partial charge < -0.3 is 0 Å². The quantitative estimate of drug-likeness (QED) is 0.768. The molecule has 0 spiro atoms. The van der Waals surface area contributed by atoms with Gasteiger partial charge in [0.25, 0.3) is 0 Å². The highest BCUT2D eigenvalue weighted by Crippen LogP contribution is 2.30. The van der Waals surface area contributed by atoms with Gasteiger partial charge in [-0.2, -0.15) is 0 Å². The van der Waals surface area contributed by atoms with Crippen LogP contribution in [-0.4, -0.2) is 4.98 Å². The van der Waals surface area contributed by atoms with E-state index in [2.05, 4.69) is 20.9 Å². The number of benzene rings is 1. The summed E-state index contributed by atoms with van der Waals surface area (Å²) in [6.45, 7) is 1.62. The third-order valence-corrected chi connectivity index (χ3v) is 3.55. The maximum Gasteiger partial charge on any atom is 0.130 e. The van der Waals surface area contributed by atoms with E-state index in [0.717, 1.165) is 11.8 Å². The molecule has 0 bridgehead atoms. The summed E-state index contributed by atoms with van der Waals surface area (Å²) in [4.78, 5) is 3.97. The molecule has 0 aliphatic carbocycles. The summed E-state index contributed by atoms with van der Waals surface area (Å²) in [6, 6.07) is 8.05. The number of nitrogens with zero attached hydrogens (tertiary/aromatic N) is 1. The second-order valence-corrected chi connectivity index (χ2v) is 5.22. The third kappa shape index (κ3) is 2.93. The van der Waals surface area contributed by atoms with E-state index in [9.17, 15) is 8.78 Å². The van der Waals surface area contributed by atoms with Crippen LogP contribution >= 0.6 is 15.9 Å². The Hall–Kier alpha value is -1.29. The molecule has 0 saturated carbocycles. The van der Waals surface area contributed by atoms with Crippen molar-refractivity contribution in [2.24, 2.45) is 0 Å². The zero-order valence-corrected chi connectivity index (χ0v) is 11.4. The fourth-order valence-electron chi connectivity index (χ4n) is 1.73. The fraction of sp³-hybridized carbons (Fsp3) is 0.214. The van der Waals surface area contributed by atoms with Crippen LogP contribution in [0.4, 0.5) is 8.78 Å². The number of halogens is 3. The van der Waals surface area contributed by atoms with Crippen molar-refractivity contribution in [2.45, 2.75) is 18.2 Å². The van der Waals surface area contributed by atoms with Crippen molar-refractivity contribution in [2.75, 3.05) is 0 Å². The Morgan fingerprint density at radius 2 is 2.00 bits per heavy atom. The number of alkyl halides is 1. The molecule has 0 amide bonds. The molecule has 0 saturated heterocycles. The molecule has 1 heterocycles. The lowest BCUT2D eigenvalue weighted by molar-refractivity contribution is 0.565. The average molecular weight is 312 g/mol. The summed E-state index contributed by atoms with van der Waals surface area (Å²) in [5.74, 6) is -1.05. The molecule has 0 aliphatic heterocycles. The largest absolute Gasteiger partial charge is 0.261 e. The van der Waals surface area contributed by atoms with E-state index in [1.165, 1.54) is 6.07 Å². The number of hydrogen-bond acceptors (Lipinski definition) is 1. The van der Waals surface area contributed by atoms with E-state index in [-0.39, 0.29) is 4.83 Å². The molecule has 1 nitrogen and oxygen atoms in total. The molecular weight excluding hydrogens is 300 g/mol. The Labute approximate surface area is 113 Å². The third-order valence-electron chi connectivity index (χ3n) is 2.73. The van der Waals surface area contributed by atoms with Crippen LogP contribution in [0.15, 0.2) is 36.5 Å². The van der Waals surface area contributed by atoms with Crippen molar-refractivity contribution in [3.63, 3.8) is 0 Å². The van der Waals surface area contributed by atoms with E-state index >= 15 is 0 Å². The van der Waals surface area contributed by atoms with E-state index in [1.807, 2.05) is 18.2 Å². The lowest BCUT2D eigenvalue weighted by Crippen LogP contribution is -2.02. The zero-order chi connectivity index (χ0) is 13.1. The molecule has 1 atom stereocenters. The van der Waals surface area contributed by atoms with Crippen LogP contribution in [0.1, 0.15) is 21.6 Å². The number of hydrogen-bond donors (Lipinski definition) is 0. The second-order valence-electron chi connectivity index (χ2n) is 4.12. The van der Waals surface area contributed by atoms with Gasteiger partial charge in [0.2, 0.25) is 0 Å². The predicted molar refractivity (Wildman–Crippen MR) is 70.7 cm³/mol. The van der Waals surface area contributed by atoms with Gasteiger partial charge in [-0.15, -0.1) is 0 Å². The smallest absolute Gasteiger partial charge is 0.130 e. The number of rotatable bonds is 3. The molecule has 2 aromatic rings. The summed E-state index contributed by atoms with van der Waals surface area (Å²) >= 11 is 3.43. The Morgan fingerprint density at radius 3 is 2.67 bits per heavy atom. The first-order valence-corrected chi connectivity index (χ1v) is 6.49. The molecule has 0 fully saturated rings. The monoisotopic (exact) mass is 311 g/mol. The molecule has 0 aliphatic rings. The van der Waals surface area contributed by atoms with Gasteiger partial charge in [-0.1, -0.05) is 22.0 Å². The minimum atomic E-state index is -0.532. The van der Waals surface area contributed by atoms with E-state index in [0.29, 0.717) is 17.5 Å². The Kier molecular flexibility index (Phi) is 4.07. The topological polar surface area (TPSA) is 12.9 Å². The lowest BCUT2D eigenvalue weighted by Gasteiger charge is -2.12. The van der Waals surface area contributed by atoms with Gasteiger partial charge in [0, 0.05) is 34.8 Å². The van der Waals surface area contributed by atoms with E-state index in [1.54, 1.807) is 13.1 Å². The SMILES string of the molecule is Cc1cc(C(Br)Cc2ccccn2)c(F)cc1F. The van der Waals surface area contributed by atoms with Gasteiger partial charge in [0.1, 0.15) is 11.6 Å². The minimum absolute atomic E-state index is 0.216. The molecule has 1 aromatic heterocycles. The van der Waals surface area contributed by atoms with Gasteiger partial charge in [-0.25, -0.2) is 8.78 Å². The van der Waals surface area contributed by atoms with E-state index in [4.69, 9.17) is 0 Å². The van der Waals surface area contributed by atoms with Crippen molar-refractivity contribution < 1.29 is 8.78 Å². The molecule has 1 aromatic carbocycles. The lowest BCUT2D eigenvalue weighted by atomic mass is 10.0. The molecule has 4 heteroatoms. The summed E-state index contributed by atoms with van der Waals surface area (Å²) in [7, 11) is 0. The molecule has 2 rings (SSSR count). The maximum absolute atomic E-state index is 13.7. The molecular formula is C14H12BrF2N. The van der Waals surface area contributed by atoms with Gasteiger partial charge in [-0.05, 0) is 30.7 Å². The fourth-order valence-corrected chi connectivity index (χ4v) is 2.41. The highest BCUT2D eigenvalue weighted by atomic mass is 79.9. The van der Waals surface area contributed by atoms with Crippen molar-refractivity contribution >= 4 is 15.9 Å². The van der Waals surface area contributed by atoms with Crippen LogP contribution in [0.5, 0.6) is 0 Å². The Morgan fingerprint density at radius 1 is 1.22 bits per heavy atom. The molecule has 94 valence electrons. The number of pyridine rings is 1. The molecule has 1 unspecified atom stereocenters. The van der Waals surface area contributed by atoms with Gasteiger partial charge >= 0.3 is 0 Å². The van der Waals surface area contributed by atoms with Crippen LogP contribution in [0.25, 0.3) is 0 Å². The molecule has 18 heavy (non-hydrogen) atoms. The minimum Gasteiger partial charge on any atom is -0.261 e. The average Bonchev–Trinajstić information content (AvgIpc) is 2.35. The van der Waals surface area contributed by atoms with Crippen molar-refractivity contribution in [1.82, 2.24) is 4.98 Å². The summed E-state index contributed by atoms with van der Waals surface area (Å²) in [6.07, 6.45) is 2.25. The van der Waals surface area contributed by atoms with Crippen molar-refractivity contribution in [3.05, 3.63) is 65.0 Å². The van der Waals surface area contributed by atoms with Crippen molar-refractivity contribution in [1.29, 1.82) is 0 Å². The van der Waals surface area contributed by atoms with Crippen LogP contribution in [0.3, 0.4) is 0 Å². The number of aromatic nitrogens is 1. The summed E-state index contributed by atoms with van der Waals surface area (Å²) in [5, 5.41) is 0. The molecule has 0 N–H and O–H groups in total. The Balaban J connectivity index is 2.24. The standard InChI is InChI=1S/C14H12BrF2N/c1-9-6-11(14(17)8-13(9)16)12(15)7-10-4-2-3-5-18-10/h2-6,8,12H,7H2,1H3. The van der Waals surface area contributed by atoms with Crippen LogP contribution in [0, 0.1) is 18.6 Å². The highest BCUT2D eigenvalue weighted by Gasteiger charge is 2.16. The summed E-state index contributed by atoms with van der Waals surface area (Å²) < 4.78 is 26.9. The first kappa shape index (κ1) is 13.1.